The smallest absolute Gasteiger partial charge is 0.303 e. The van der Waals surface area contributed by atoms with Crippen molar-refractivity contribution in [3.8, 4) is 22.9 Å². The van der Waals surface area contributed by atoms with Crippen molar-refractivity contribution in [2.75, 3.05) is 0 Å². The van der Waals surface area contributed by atoms with E-state index in [0.29, 0.717) is 5.82 Å². The number of benzene rings is 1. The molecule has 0 spiro atoms. The molecule has 1 aromatic heterocycles. The Kier molecular flexibility index (Phi) is 4.74. The van der Waals surface area contributed by atoms with Crippen LogP contribution in [-0.2, 0) is 4.79 Å². The van der Waals surface area contributed by atoms with E-state index in [0.717, 1.165) is 5.56 Å². The number of aromatic hydroxyl groups is 2. The molecule has 6 nitrogen and oxygen atoms in total. The standard InChI is InChI=1S/C9H8N2O2.C3H6O2/c12-7-2-1-6(5-8(7)13)9-10-3-4-11-9;1-2-3(4)5/h1-5,12-13H,(H,10,11);2H2,1H3,(H,4,5). The fourth-order valence-electron chi connectivity index (χ4n) is 1.09. The van der Waals surface area contributed by atoms with Crippen LogP contribution in [0.25, 0.3) is 11.4 Å². The molecule has 0 unspecified atom stereocenters. The normalized spacial score (nSPS) is 9.39. The number of hydrogen-bond donors (Lipinski definition) is 4. The van der Waals surface area contributed by atoms with E-state index in [9.17, 15) is 9.90 Å². The number of nitrogens with zero attached hydrogens (tertiary/aromatic N) is 1. The first-order valence-corrected chi connectivity index (χ1v) is 5.28. The van der Waals surface area contributed by atoms with Crippen molar-refractivity contribution < 1.29 is 20.1 Å². The van der Waals surface area contributed by atoms with Crippen molar-refractivity contribution in [3.63, 3.8) is 0 Å². The molecule has 4 N–H and O–H groups in total. The molecule has 1 heterocycles. The number of phenols is 2. The number of aromatic amines is 1. The number of aliphatic carboxylic acids is 1. The molecule has 6 heteroatoms. The molecule has 0 aliphatic carbocycles. The first kappa shape index (κ1) is 13.6. The van der Waals surface area contributed by atoms with Crippen LogP contribution >= 0.6 is 0 Å². The van der Waals surface area contributed by atoms with Crippen molar-refractivity contribution in [3.05, 3.63) is 30.6 Å². The minimum absolute atomic E-state index is 0.129. The van der Waals surface area contributed by atoms with Crippen LogP contribution in [0.15, 0.2) is 30.6 Å². The highest BCUT2D eigenvalue weighted by molar-refractivity contribution is 5.66. The van der Waals surface area contributed by atoms with Gasteiger partial charge >= 0.3 is 5.97 Å². The third kappa shape index (κ3) is 3.82. The zero-order valence-corrected chi connectivity index (χ0v) is 9.79. The van der Waals surface area contributed by atoms with E-state index in [1.54, 1.807) is 25.4 Å². The van der Waals surface area contributed by atoms with E-state index in [2.05, 4.69) is 9.97 Å². The summed E-state index contributed by atoms with van der Waals surface area (Å²) in [6.45, 7) is 1.60. The minimum atomic E-state index is -0.745. The third-order valence-corrected chi connectivity index (χ3v) is 2.05. The van der Waals surface area contributed by atoms with Crippen LogP contribution in [0.1, 0.15) is 13.3 Å². The molecule has 0 atom stereocenters. The molecular weight excluding hydrogens is 236 g/mol. The quantitative estimate of drug-likeness (QED) is 0.609. The molecule has 1 aromatic carbocycles. The van der Waals surface area contributed by atoms with Gasteiger partial charge in [0.2, 0.25) is 0 Å². The summed E-state index contributed by atoms with van der Waals surface area (Å²) < 4.78 is 0. The van der Waals surface area contributed by atoms with Crippen molar-refractivity contribution in [2.24, 2.45) is 0 Å². The van der Waals surface area contributed by atoms with Gasteiger partial charge in [-0.15, -0.1) is 0 Å². The van der Waals surface area contributed by atoms with Crippen LogP contribution < -0.4 is 0 Å². The lowest BCUT2D eigenvalue weighted by molar-refractivity contribution is -0.136. The molecular formula is C12H14N2O4. The number of carboxylic acid groups (broad SMARTS) is 1. The average molecular weight is 250 g/mol. The zero-order chi connectivity index (χ0) is 13.5. The topological polar surface area (TPSA) is 106 Å². The van der Waals surface area contributed by atoms with Gasteiger partial charge < -0.3 is 20.3 Å². The maximum Gasteiger partial charge on any atom is 0.303 e. The second kappa shape index (κ2) is 6.29. The summed E-state index contributed by atoms with van der Waals surface area (Å²) in [4.78, 5) is 16.3. The number of phenolic OH excluding ortho intramolecular Hbond substituents is 2. The molecule has 96 valence electrons. The maximum absolute atomic E-state index is 9.37. The van der Waals surface area contributed by atoms with Gasteiger partial charge in [0.25, 0.3) is 0 Å². The van der Waals surface area contributed by atoms with Gasteiger partial charge in [0, 0.05) is 24.4 Å². The van der Waals surface area contributed by atoms with E-state index in [1.165, 1.54) is 12.1 Å². The highest BCUT2D eigenvalue weighted by Gasteiger charge is 2.03. The van der Waals surface area contributed by atoms with E-state index in [4.69, 9.17) is 10.2 Å². The molecule has 0 saturated carbocycles. The van der Waals surface area contributed by atoms with Crippen LogP contribution in [0.2, 0.25) is 0 Å². The maximum atomic E-state index is 9.37. The molecule has 18 heavy (non-hydrogen) atoms. The Bertz CT molecular complexity index is 509. The van der Waals surface area contributed by atoms with Gasteiger partial charge in [-0.2, -0.15) is 0 Å². The third-order valence-electron chi connectivity index (χ3n) is 2.05. The van der Waals surface area contributed by atoms with Crippen LogP contribution in [0.4, 0.5) is 0 Å². The zero-order valence-electron chi connectivity index (χ0n) is 9.79. The Balaban J connectivity index is 0.000000280. The summed E-state index contributed by atoms with van der Waals surface area (Å²) in [5.41, 5.74) is 0.736. The number of hydrogen-bond acceptors (Lipinski definition) is 4. The average Bonchev–Trinajstić information content (AvgIpc) is 2.87. The van der Waals surface area contributed by atoms with Gasteiger partial charge in [0.15, 0.2) is 11.5 Å². The summed E-state index contributed by atoms with van der Waals surface area (Å²) in [7, 11) is 0. The summed E-state index contributed by atoms with van der Waals surface area (Å²) in [5.74, 6) is -0.357. The minimum Gasteiger partial charge on any atom is -0.504 e. The predicted molar refractivity (Wildman–Crippen MR) is 65.3 cm³/mol. The van der Waals surface area contributed by atoms with Crippen LogP contribution in [0.5, 0.6) is 11.5 Å². The first-order chi connectivity index (χ1) is 8.54. The molecule has 2 rings (SSSR count). The van der Waals surface area contributed by atoms with E-state index in [-0.39, 0.29) is 17.9 Å². The number of carboxylic acids is 1. The molecule has 0 aliphatic rings. The van der Waals surface area contributed by atoms with Crippen LogP contribution in [0.3, 0.4) is 0 Å². The van der Waals surface area contributed by atoms with E-state index < -0.39 is 5.97 Å². The van der Waals surface area contributed by atoms with Gasteiger partial charge in [0.05, 0.1) is 0 Å². The van der Waals surface area contributed by atoms with Crippen molar-refractivity contribution >= 4 is 5.97 Å². The molecule has 0 aliphatic heterocycles. The lowest BCUT2D eigenvalue weighted by Gasteiger charge is -1.99. The lowest BCUT2D eigenvalue weighted by Crippen LogP contribution is -1.86. The Labute approximate surface area is 104 Å². The van der Waals surface area contributed by atoms with Crippen molar-refractivity contribution in [1.29, 1.82) is 0 Å². The van der Waals surface area contributed by atoms with Gasteiger partial charge in [-0.1, -0.05) is 6.92 Å². The van der Waals surface area contributed by atoms with Gasteiger partial charge in [-0.3, -0.25) is 4.79 Å². The SMILES string of the molecule is CCC(=O)O.Oc1ccc(-c2ncc[nH]2)cc1O. The Morgan fingerprint density at radius 2 is 2.00 bits per heavy atom. The second-order valence-electron chi connectivity index (χ2n) is 3.39. The van der Waals surface area contributed by atoms with E-state index >= 15 is 0 Å². The van der Waals surface area contributed by atoms with Gasteiger partial charge in [-0.05, 0) is 18.2 Å². The highest BCUT2D eigenvalue weighted by Crippen LogP contribution is 2.28. The number of nitrogens with one attached hydrogen (secondary N) is 1. The summed E-state index contributed by atoms with van der Waals surface area (Å²) in [5, 5.41) is 26.0. The van der Waals surface area contributed by atoms with E-state index in [1.807, 2.05) is 0 Å². The monoisotopic (exact) mass is 250 g/mol. The Morgan fingerprint density at radius 1 is 1.33 bits per heavy atom. The number of carbonyl (C=O) groups is 1. The van der Waals surface area contributed by atoms with Crippen molar-refractivity contribution in [1.82, 2.24) is 9.97 Å². The molecule has 0 bridgehead atoms. The summed E-state index contributed by atoms with van der Waals surface area (Å²) >= 11 is 0. The lowest BCUT2D eigenvalue weighted by atomic mass is 10.2. The molecule has 0 radical (unpaired) electrons. The van der Waals surface area contributed by atoms with Crippen LogP contribution in [-0.4, -0.2) is 31.3 Å². The summed E-state index contributed by atoms with van der Waals surface area (Å²) in [6, 6.07) is 4.55. The number of imidazole rings is 1. The van der Waals surface area contributed by atoms with Crippen LogP contribution in [0, 0.1) is 0 Å². The first-order valence-electron chi connectivity index (χ1n) is 5.28. The summed E-state index contributed by atoms with van der Waals surface area (Å²) in [6.07, 6.45) is 3.54. The molecule has 0 amide bonds. The van der Waals surface area contributed by atoms with Crippen molar-refractivity contribution in [2.45, 2.75) is 13.3 Å². The highest BCUT2D eigenvalue weighted by atomic mass is 16.4. The fraction of sp³-hybridized carbons (Fsp3) is 0.167. The molecule has 0 fully saturated rings. The largest absolute Gasteiger partial charge is 0.504 e. The Morgan fingerprint density at radius 3 is 2.44 bits per heavy atom. The predicted octanol–water partition coefficient (Wildman–Crippen LogP) is 1.97. The number of rotatable bonds is 2. The van der Waals surface area contributed by atoms with Gasteiger partial charge in [-0.25, -0.2) is 4.98 Å². The Hall–Kier alpha value is -2.50. The molecule has 0 saturated heterocycles. The van der Waals surface area contributed by atoms with Gasteiger partial charge in [0.1, 0.15) is 5.82 Å². The number of aromatic nitrogens is 2. The fourth-order valence-corrected chi connectivity index (χ4v) is 1.09. The second-order valence-corrected chi connectivity index (χ2v) is 3.39. The number of H-pyrrole nitrogens is 1. The molecule has 2 aromatic rings.